The van der Waals surface area contributed by atoms with Crippen LogP contribution >= 0.6 is 11.3 Å². The van der Waals surface area contributed by atoms with Crippen molar-refractivity contribution in [3.63, 3.8) is 0 Å². The lowest BCUT2D eigenvalue weighted by molar-refractivity contribution is -0.130. The first-order valence-electron chi connectivity index (χ1n) is 6.57. The van der Waals surface area contributed by atoms with Gasteiger partial charge in [0.2, 0.25) is 5.91 Å². The number of hydrogen-bond donors (Lipinski definition) is 1. The first-order chi connectivity index (χ1) is 9.83. The van der Waals surface area contributed by atoms with Crippen LogP contribution in [0.25, 0.3) is 10.6 Å². The van der Waals surface area contributed by atoms with Gasteiger partial charge in [-0.3, -0.25) is 9.78 Å². The fourth-order valence-corrected chi connectivity index (χ4v) is 2.92. The quantitative estimate of drug-likeness (QED) is 0.935. The fourth-order valence-electron chi connectivity index (χ4n) is 2.09. The van der Waals surface area contributed by atoms with Crippen LogP contribution in [0.1, 0.15) is 18.5 Å². The molecule has 1 fully saturated rings. The maximum atomic E-state index is 11.8. The molecule has 20 heavy (non-hydrogen) atoms. The molecule has 1 aliphatic heterocycles. The standard InChI is InChI=1S/C14H15N3O2S/c18-13(12-2-1-7-19-12)16-8-11-9-20-14(17-11)10-3-5-15-6-4-10/h3-6,9,12H,1-2,7-8H2,(H,16,18). The number of rotatable bonds is 4. The van der Waals surface area contributed by atoms with Gasteiger partial charge in [0.25, 0.3) is 0 Å². The molecule has 0 radical (unpaired) electrons. The molecule has 1 unspecified atom stereocenters. The van der Waals surface area contributed by atoms with Gasteiger partial charge in [-0.1, -0.05) is 0 Å². The summed E-state index contributed by atoms with van der Waals surface area (Å²) in [6.07, 6.45) is 4.98. The van der Waals surface area contributed by atoms with Crippen LogP contribution in [0.5, 0.6) is 0 Å². The number of carbonyl (C=O) groups excluding carboxylic acids is 1. The predicted octanol–water partition coefficient (Wildman–Crippen LogP) is 2.00. The van der Waals surface area contributed by atoms with E-state index in [0.29, 0.717) is 13.2 Å². The third-order valence-corrected chi connectivity index (χ3v) is 4.09. The lowest BCUT2D eigenvalue weighted by Gasteiger charge is -2.08. The van der Waals surface area contributed by atoms with Crippen molar-refractivity contribution in [2.24, 2.45) is 0 Å². The minimum Gasteiger partial charge on any atom is -0.368 e. The molecule has 3 heterocycles. The lowest BCUT2D eigenvalue weighted by atomic mass is 10.2. The molecular formula is C14H15N3O2S. The second-order valence-electron chi connectivity index (χ2n) is 4.60. The van der Waals surface area contributed by atoms with Crippen LogP contribution in [0, 0.1) is 0 Å². The number of thiazole rings is 1. The summed E-state index contributed by atoms with van der Waals surface area (Å²) in [5, 5.41) is 5.78. The molecule has 2 aromatic rings. The molecular weight excluding hydrogens is 274 g/mol. The number of pyridine rings is 1. The second kappa shape index (κ2) is 6.11. The highest BCUT2D eigenvalue weighted by atomic mass is 32.1. The number of nitrogens with zero attached hydrogens (tertiary/aromatic N) is 2. The maximum Gasteiger partial charge on any atom is 0.249 e. The van der Waals surface area contributed by atoms with Crippen molar-refractivity contribution < 1.29 is 9.53 Å². The first kappa shape index (κ1) is 13.2. The summed E-state index contributed by atoms with van der Waals surface area (Å²) in [5.74, 6) is -0.0408. The fraction of sp³-hybridized carbons (Fsp3) is 0.357. The Labute approximate surface area is 121 Å². The number of carbonyl (C=O) groups is 1. The summed E-state index contributed by atoms with van der Waals surface area (Å²) in [6.45, 7) is 1.13. The molecule has 104 valence electrons. The Morgan fingerprint density at radius 1 is 1.45 bits per heavy atom. The molecule has 2 aromatic heterocycles. The maximum absolute atomic E-state index is 11.8. The number of amides is 1. The van der Waals surface area contributed by atoms with Crippen molar-refractivity contribution >= 4 is 17.2 Å². The molecule has 1 saturated heterocycles. The minimum absolute atomic E-state index is 0.0408. The van der Waals surface area contributed by atoms with Gasteiger partial charge in [0.05, 0.1) is 12.2 Å². The van der Waals surface area contributed by atoms with Crippen molar-refractivity contribution in [3.05, 3.63) is 35.6 Å². The summed E-state index contributed by atoms with van der Waals surface area (Å²) in [6, 6.07) is 3.85. The van der Waals surface area contributed by atoms with E-state index in [1.807, 2.05) is 17.5 Å². The molecule has 1 amide bonds. The molecule has 1 atom stereocenters. The molecule has 0 aliphatic carbocycles. The molecule has 6 heteroatoms. The van der Waals surface area contributed by atoms with Gasteiger partial charge in [-0.05, 0) is 25.0 Å². The van der Waals surface area contributed by atoms with Crippen LogP contribution in [-0.4, -0.2) is 28.6 Å². The van der Waals surface area contributed by atoms with E-state index in [1.165, 1.54) is 0 Å². The highest BCUT2D eigenvalue weighted by Crippen LogP contribution is 2.22. The van der Waals surface area contributed by atoms with Gasteiger partial charge < -0.3 is 10.1 Å². The van der Waals surface area contributed by atoms with E-state index in [2.05, 4.69) is 15.3 Å². The topological polar surface area (TPSA) is 64.1 Å². The summed E-state index contributed by atoms with van der Waals surface area (Å²) < 4.78 is 5.34. The van der Waals surface area contributed by atoms with E-state index in [-0.39, 0.29) is 12.0 Å². The van der Waals surface area contributed by atoms with Crippen LogP contribution in [0.4, 0.5) is 0 Å². The van der Waals surface area contributed by atoms with Gasteiger partial charge >= 0.3 is 0 Å². The third kappa shape index (κ3) is 3.02. The molecule has 1 aliphatic rings. The Hall–Kier alpha value is -1.79. The first-order valence-corrected chi connectivity index (χ1v) is 7.45. The monoisotopic (exact) mass is 289 g/mol. The van der Waals surface area contributed by atoms with Crippen LogP contribution < -0.4 is 5.32 Å². The van der Waals surface area contributed by atoms with Crippen LogP contribution in [0.2, 0.25) is 0 Å². The van der Waals surface area contributed by atoms with Crippen molar-refractivity contribution in [1.29, 1.82) is 0 Å². The zero-order chi connectivity index (χ0) is 13.8. The third-order valence-electron chi connectivity index (χ3n) is 3.14. The van der Waals surface area contributed by atoms with Crippen LogP contribution in [0.3, 0.4) is 0 Å². The zero-order valence-electron chi connectivity index (χ0n) is 10.9. The van der Waals surface area contributed by atoms with Crippen molar-refractivity contribution in [2.75, 3.05) is 6.61 Å². The second-order valence-corrected chi connectivity index (χ2v) is 5.46. The van der Waals surface area contributed by atoms with Gasteiger partial charge in [0.15, 0.2) is 0 Å². The van der Waals surface area contributed by atoms with Crippen LogP contribution in [0.15, 0.2) is 29.9 Å². The van der Waals surface area contributed by atoms with E-state index in [9.17, 15) is 4.79 Å². The van der Waals surface area contributed by atoms with Gasteiger partial charge in [-0.2, -0.15) is 0 Å². The largest absolute Gasteiger partial charge is 0.368 e. The normalized spacial score (nSPS) is 18.1. The Morgan fingerprint density at radius 3 is 3.05 bits per heavy atom. The van der Waals surface area contributed by atoms with Crippen LogP contribution in [-0.2, 0) is 16.1 Å². The lowest BCUT2D eigenvalue weighted by Crippen LogP contribution is -2.33. The Kier molecular flexibility index (Phi) is 4.03. The van der Waals surface area contributed by atoms with Gasteiger partial charge in [-0.15, -0.1) is 11.3 Å². The van der Waals surface area contributed by atoms with Gasteiger partial charge in [-0.25, -0.2) is 4.98 Å². The summed E-state index contributed by atoms with van der Waals surface area (Å²) in [7, 11) is 0. The Morgan fingerprint density at radius 2 is 2.30 bits per heavy atom. The van der Waals surface area contributed by atoms with Crippen molar-refractivity contribution in [3.8, 4) is 10.6 Å². The van der Waals surface area contributed by atoms with Gasteiger partial charge in [0, 0.05) is 29.9 Å². The van der Waals surface area contributed by atoms with Crippen molar-refractivity contribution in [2.45, 2.75) is 25.5 Å². The van der Waals surface area contributed by atoms with Crippen molar-refractivity contribution in [1.82, 2.24) is 15.3 Å². The summed E-state index contributed by atoms with van der Waals surface area (Å²) >= 11 is 1.57. The highest BCUT2D eigenvalue weighted by molar-refractivity contribution is 7.13. The summed E-state index contributed by atoms with van der Waals surface area (Å²) in [5.41, 5.74) is 1.91. The Bertz CT molecular complexity index is 579. The SMILES string of the molecule is O=C(NCc1csc(-c2ccncc2)n1)C1CCCO1. The van der Waals surface area contributed by atoms with E-state index in [0.717, 1.165) is 29.1 Å². The molecule has 0 bridgehead atoms. The molecule has 0 saturated carbocycles. The number of hydrogen-bond acceptors (Lipinski definition) is 5. The van der Waals surface area contributed by atoms with E-state index < -0.39 is 0 Å². The summed E-state index contributed by atoms with van der Waals surface area (Å²) in [4.78, 5) is 20.3. The minimum atomic E-state index is -0.284. The number of ether oxygens (including phenoxy) is 1. The number of aromatic nitrogens is 2. The van der Waals surface area contributed by atoms with Gasteiger partial charge in [0.1, 0.15) is 11.1 Å². The molecule has 5 nitrogen and oxygen atoms in total. The van der Waals surface area contributed by atoms with E-state index >= 15 is 0 Å². The molecule has 1 N–H and O–H groups in total. The molecule has 0 spiro atoms. The van der Waals surface area contributed by atoms with E-state index in [1.54, 1.807) is 23.7 Å². The molecule has 3 rings (SSSR count). The molecule has 0 aromatic carbocycles. The van der Waals surface area contributed by atoms with E-state index in [4.69, 9.17) is 4.74 Å². The Balaban J connectivity index is 1.59. The smallest absolute Gasteiger partial charge is 0.249 e. The predicted molar refractivity (Wildman–Crippen MR) is 76.2 cm³/mol. The number of nitrogens with one attached hydrogen (secondary N) is 1. The zero-order valence-corrected chi connectivity index (χ0v) is 11.7. The average Bonchev–Trinajstić information content (AvgIpc) is 3.17. The average molecular weight is 289 g/mol. The highest BCUT2D eigenvalue weighted by Gasteiger charge is 2.23.